The van der Waals surface area contributed by atoms with E-state index in [1.807, 2.05) is 0 Å². The van der Waals surface area contributed by atoms with Crippen LogP contribution in [0, 0.1) is 35.5 Å². The fourth-order valence-corrected chi connectivity index (χ4v) is 5.70. The van der Waals surface area contributed by atoms with E-state index in [9.17, 15) is 0 Å². The van der Waals surface area contributed by atoms with Crippen molar-refractivity contribution in [1.29, 1.82) is 0 Å². The van der Waals surface area contributed by atoms with E-state index >= 15 is 0 Å². The van der Waals surface area contributed by atoms with Crippen molar-refractivity contribution < 1.29 is 0 Å². The molecule has 0 aromatic heterocycles. The van der Waals surface area contributed by atoms with Crippen LogP contribution in [0.4, 0.5) is 0 Å². The van der Waals surface area contributed by atoms with Crippen molar-refractivity contribution in [3.05, 3.63) is 24.3 Å². The Kier molecular flexibility index (Phi) is 14.9. The van der Waals surface area contributed by atoms with Gasteiger partial charge in [0, 0.05) is 0 Å². The molecule has 2 saturated carbocycles. The molecule has 0 heterocycles. The largest absolute Gasteiger partial charge is 0.0730 e. The molecule has 0 bridgehead atoms. The van der Waals surface area contributed by atoms with E-state index in [1.54, 1.807) is 0 Å². The average Bonchev–Trinajstić information content (AvgIpc) is 2.80. The standard InChI is InChI=1S/C31H52/c1-3-5-7-9-13-17-29-24-26-31(27-25-29)19-15-11-10-14-18-30-22-20-28(21-23-30)16-12-8-6-4-2/h14-15,18-19,28-31H,3-9,12-13,16-17,20-27H2,1-2H3. The molecule has 0 radical (unpaired) electrons. The van der Waals surface area contributed by atoms with Crippen molar-refractivity contribution >= 4 is 0 Å². The van der Waals surface area contributed by atoms with Crippen LogP contribution in [0.5, 0.6) is 0 Å². The molecule has 0 aliphatic heterocycles. The van der Waals surface area contributed by atoms with Crippen molar-refractivity contribution in [3.8, 4) is 11.8 Å². The maximum absolute atomic E-state index is 3.27. The summed E-state index contributed by atoms with van der Waals surface area (Å²) in [6, 6.07) is 0. The summed E-state index contributed by atoms with van der Waals surface area (Å²) in [5.74, 6) is 10.1. The van der Waals surface area contributed by atoms with E-state index < -0.39 is 0 Å². The van der Waals surface area contributed by atoms with Crippen LogP contribution in [-0.4, -0.2) is 0 Å². The highest BCUT2D eigenvalue weighted by atomic mass is 14.2. The highest BCUT2D eigenvalue weighted by Gasteiger charge is 2.19. The van der Waals surface area contributed by atoms with Gasteiger partial charge in [-0.3, -0.25) is 0 Å². The minimum absolute atomic E-state index is 0.780. The van der Waals surface area contributed by atoms with Crippen molar-refractivity contribution in [2.75, 3.05) is 0 Å². The van der Waals surface area contributed by atoms with Gasteiger partial charge in [-0.15, -0.1) is 0 Å². The average molecular weight is 425 g/mol. The zero-order valence-corrected chi connectivity index (χ0v) is 21.1. The van der Waals surface area contributed by atoms with Crippen molar-refractivity contribution in [3.63, 3.8) is 0 Å². The Morgan fingerprint density at radius 3 is 1.32 bits per heavy atom. The summed E-state index contributed by atoms with van der Waals surface area (Å²) in [4.78, 5) is 0. The molecule has 0 spiro atoms. The van der Waals surface area contributed by atoms with Crippen LogP contribution >= 0.6 is 0 Å². The van der Waals surface area contributed by atoms with Gasteiger partial charge >= 0.3 is 0 Å². The summed E-state index contributed by atoms with van der Waals surface area (Å²) in [6.45, 7) is 4.61. The van der Waals surface area contributed by atoms with Crippen LogP contribution in [-0.2, 0) is 0 Å². The zero-order valence-electron chi connectivity index (χ0n) is 21.1. The molecule has 0 aromatic rings. The van der Waals surface area contributed by atoms with Gasteiger partial charge < -0.3 is 0 Å². The quantitative estimate of drug-likeness (QED) is 0.204. The maximum atomic E-state index is 3.27. The highest BCUT2D eigenvalue weighted by molar-refractivity contribution is 5.24. The van der Waals surface area contributed by atoms with Crippen LogP contribution < -0.4 is 0 Å². The molecule has 0 N–H and O–H groups in total. The van der Waals surface area contributed by atoms with Crippen molar-refractivity contribution in [1.82, 2.24) is 0 Å². The SMILES string of the molecule is CCCCCCCC1CCC(C=CC#CC=CC2CCC(CCCCCC)CC2)CC1. The van der Waals surface area contributed by atoms with Crippen LogP contribution in [0.15, 0.2) is 24.3 Å². The van der Waals surface area contributed by atoms with Gasteiger partial charge in [0.2, 0.25) is 0 Å². The van der Waals surface area contributed by atoms with Gasteiger partial charge in [-0.05, 0) is 87.2 Å². The van der Waals surface area contributed by atoms with Gasteiger partial charge in [0.15, 0.2) is 0 Å². The Morgan fingerprint density at radius 1 is 0.516 bits per heavy atom. The predicted molar refractivity (Wildman–Crippen MR) is 139 cm³/mol. The van der Waals surface area contributed by atoms with E-state index in [2.05, 4.69) is 50.0 Å². The third-order valence-corrected chi connectivity index (χ3v) is 7.95. The van der Waals surface area contributed by atoms with E-state index in [4.69, 9.17) is 0 Å². The van der Waals surface area contributed by atoms with Crippen LogP contribution in [0.1, 0.15) is 136 Å². The summed E-state index contributed by atoms with van der Waals surface area (Å²) in [5, 5.41) is 0. The van der Waals surface area contributed by atoms with Crippen LogP contribution in [0.25, 0.3) is 0 Å². The molecular weight excluding hydrogens is 372 g/mol. The van der Waals surface area contributed by atoms with Crippen LogP contribution in [0.3, 0.4) is 0 Å². The summed E-state index contributed by atoms with van der Waals surface area (Å²) in [5.41, 5.74) is 0. The predicted octanol–water partition coefficient (Wildman–Crippen LogP) is 10.0. The van der Waals surface area contributed by atoms with Gasteiger partial charge in [0.05, 0.1) is 0 Å². The van der Waals surface area contributed by atoms with E-state index in [-0.39, 0.29) is 0 Å². The first-order valence-corrected chi connectivity index (χ1v) is 14.2. The number of allylic oxidation sites excluding steroid dienone is 4. The lowest BCUT2D eigenvalue weighted by Crippen LogP contribution is -2.13. The third kappa shape index (κ3) is 12.6. The molecule has 2 aliphatic rings. The first-order valence-electron chi connectivity index (χ1n) is 14.2. The maximum Gasteiger partial charge on any atom is -0.0153 e. The second-order valence-corrected chi connectivity index (χ2v) is 10.6. The van der Waals surface area contributed by atoms with E-state index in [0.717, 1.165) is 23.7 Å². The van der Waals surface area contributed by atoms with Gasteiger partial charge in [-0.2, -0.15) is 0 Å². The fourth-order valence-electron chi connectivity index (χ4n) is 5.70. The second kappa shape index (κ2) is 17.6. The molecule has 0 amide bonds. The summed E-state index contributed by atoms with van der Waals surface area (Å²) in [6.07, 6.45) is 36.1. The Morgan fingerprint density at radius 2 is 0.903 bits per heavy atom. The van der Waals surface area contributed by atoms with Crippen molar-refractivity contribution in [2.45, 2.75) is 136 Å². The van der Waals surface area contributed by atoms with Crippen molar-refractivity contribution in [2.24, 2.45) is 23.7 Å². The molecule has 176 valence electrons. The molecule has 0 atom stereocenters. The van der Waals surface area contributed by atoms with E-state index in [0.29, 0.717) is 0 Å². The Balaban J connectivity index is 1.52. The Labute approximate surface area is 195 Å². The molecule has 0 heteroatoms. The summed E-state index contributed by atoms with van der Waals surface area (Å²) in [7, 11) is 0. The summed E-state index contributed by atoms with van der Waals surface area (Å²) >= 11 is 0. The highest BCUT2D eigenvalue weighted by Crippen LogP contribution is 2.33. The lowest BCUT2D eigenvalue weighted by molar-refractivity contribution is 0.288. The Hall–Kier alpha value is -0.960. The van der Waals surface area contributed by atoms with Gasteiger partial charge in [0.1, 0.15) is 0 Å². The fraction of sp³-hybridized carbons (Fsp3) is 0.806. The lowest BCUT2D eigenvalue weighted by atomic mass is 9.79. The minimum Gasteiger partial charge on any atom is -0.0730 e. The molecule has 0 nitrogen and oxygen atoms in total. The number of rotatable bonds is 13. The molecule has 0 unspecified atom stereocenters. The lowest BCUT2D eigenvalue weighted by Gasteiger charge is -2.26. The molecule has 0 aromatic carbocycles. The zero-order chi connectivity index (χ0) is 22.0. The summed E-state index contributed by atoms with van der Waals surface area (Å²) < 4.78 is 0. The smallest absolute Gasteiger partial charge is 0.0153 e. The molecular formula is C31H52. The number of hydrogen-bond donors (Lipinski definition) is 0. The number of hydrogen-bond acceptors (Lipinski definition) is 0. The molecule has 2 aliphatic carbocycles. The number of unbranched alkanes of at least 4 members (excludes halogenated alkanes) is 7. The monoisotopic (exact) mass is 424 g/mol. The van der Waals surface area contributed by atoms with Gasteiger partial charge in [-0.25, -0.2) is 0 Å². The first kappa shape index (κ1) is 26.3. The molecule has 2 fully saturated rings. The second-order valence-electron chi connectivity index (χ2n) is 10.6. The van der Waals surface area contributed by atoms with Crippen LogP contribution in [0.2, 0.25) is 0 Å². The molecule has 31 heavy (non-hydrogen) atoms. The minimum atomic E-state index is 0.780. The van der Waals surface area contributed by atoms with Gasteiger partial charge in [-0.1, -0.05) is 108 Å². The molecule has 2 rings (SSSR count). The first-order chi connectivity index (χ1) is 15.3. The van der Waals surface area contributed by atoms with Gasteiger partial charge in [0.25, 0.3) is 0 Å². The molecule has 0 saturated heterocycles. The van der Waals surface area contributed by atoms with E-state index in [1.165, 1.54) is 122 Å². The topological polar surface area (TPSA) is 0 Å². The third-order valence-electron chi connectivity index (χ3n) is 7.95. The normalized spacial score (nSPS) is 26.9. The Bertz CT molecular complexity index is 526.